The molecule has 1 heterocycles. The molecule has 0 atom stereocenters. The van der Waals surface area contributed by atoms with E-state index in [0.29, 0.717) is 5.13 Å². The fourth-order valence-electron chi connectivity index (χ4n) is 2.27. The van der Waals surface area contributed by atoms with Crippen molar-refractivity contribution in [3.63, 3.8) is 0 Å². The first-order chi connectivity index (χ1) is 7.97. The molecule has 0 fully saturated rings. The van der Waals surface area contributed by atoms with Gasteiger partial charge < -0.3 is 5.73 Å². The highest BCUT2D eigenvalue weighted by Crippen LogP contribution is 2.25. The van der Waals surface area contributed by atoms with Crippen LogP contribution in [0.2, 0.25) is 0 Å². The lowest BCUT2D eigenvalue weighted by Gasteiger charge is -2.10. The van der Waals surface area contributed by atoms with Gasteiger partial charge in [0.05, 0.1) is 5.69 Å². The number of hydrogen-bond acceptors (Lipinski definition) is 3. The maximum absolute atomic E-state index is 5.74. The molecule has 0 amide bonds. The van der Waals surface area contributed by atoms with E-state index in [2.05, 4.69) is 44.8 Å². The van der Waals surface area contributed by atoms with Crippen LogP contribution in [0, 0.1) is 27.7 Å². The van der Waals surface area contributed by atoms with Crippen LogP contribution in [0.4, 0.5) is 5.13 Å². The maximum atomic E-state index is 5.74. The van der Waals surface area contributed by atoms with Crippen molar-refractivity contribution >= 4 is 16.5 Å². The molecule has 0 aliphatic carbocycles. The minimum absolute atomic E-state index is 0.667. The Labute approximate surface area is 107 Å². The zero-order valence-electron chi connectivity index (χ0n) is 10.8. The number of thiazole rings is 1. The number of nitrogen functional groups attached to an aromatic ring is 1. The zero-order valence-corrected chi connectivity index (χ0v) is 11.6. The van der Waals surface area contributed by atoms with E-state index in [1.165, 1.54) is 27.1 Å². The summed E-state index contributed by atoms with van der Waals surface area (Å²) < 4.78 is 0. The first-order valence-electron chi connectivity index (χ1n) is 5.76. The Hall–Kier alpha value is -1.35. The highest BCUT2D eigenvalue weighted by molar-refractivity contribution is 7.15. The molecule has 2 nitrogen and oxygen atoms in total. The minimum Gasteiger partial charge on any atom is -0.375 e. The molecule has 1 aromatic heterocycles. The number of hydrogen-bond donors (Lipinski definition) is 1. The van der Waals surface area contributed by atoms with E-state index in [1.807, 2.05) is 0 Å². The van der Waals surface area contributed by atoms with Gasteiger partial charge in [0.25, 0.3) is 0 Å². The number of rotatable bonds is 2. The Bertz CT molecular complexity index is 532. The van der Waals surface area contributed by atoms with Gasteiger partial charge in [-0.1, -0.05) is 17.7 Å². The molecule has 17 heavy (non-hydrogen) atoms. The molecule has 0 unspecified atom stereocenters. The van der Waals surface area contributed by atoms with Crippen molar-refractivity contribution in [3.05, 3.63) is 45.0 Å². The smallest absolute Gasteiger partial charge is 0.180 e. The van der Waals surface area contributed by atoms with Crippen LogP contribution in [0.25, 0.3) is 0 Å². The molecule has 0 aliphatic rings. The average molecular weight is 246 g/mol. The quantitative estimate of drug-likeness (QED) is 0.880. The van der Waals surface area contributed by atoms with Gasteiger partial charge in [0.15, 0.2) is 5.13 Å². The maximum Gasteiger partial charge on any atom is 0.180 e. The van der Waals surface area contributed by atoms with E-state index in [9.17, 15) is 0 Å². The van der Waals surface area contributed by atoms with Crippen LogP contribution in [0.1, 0.15) is 32.8 Å². The largest absolute Gasteiger partial charge is 0.375 e. The molecule has 3 heteroatoms. The van der Waals surface area contributed by atoms with Gasteiger partial charge in [-0.3, -0.25) is 0 Å². The lowest BCUT2D eigenvalue weighted by Crippen LogP contribution is -1.98. The third-order valence-electron chi connectivity index (χ3n) is 3.09. The van der Waals surface area contributed by atoms with E-state index in [0.717, 1.165) is 12.1 Å². The van der Waals surface area contributed by atoms with Crippen molar-refractivity contribution in [2.24, 2.45) is 0 Å². The second-order valence-corrected chi connectivity index (χ2v) is 5.84. The molecule has 1 aromatic carbocycles. The average Bonchev–Trinajstić information content (AvgIpc) is 2.51. The van der Waals surface area contributed by atoms with Gasteiger partial charge in [0.1, 0.15) is 0 Å². The predicted octanol–water partition coefficient (Wildman–Crippen LogP) is 3.55. The van der Waals surface area contributed by atoms with Gasteiger partial charge in [-0.25, -0.2) is 4.98 Å². The van der Waals surface area contributed by atoms with Gasteiger partial charge >= 0.3 is 0 Å². The summed E-state index contributed by atoms with van der Waals surface area (Å²) in [4.78, 5) is 5.63. The van der Waals surface area contributed by atoms with Crippen LogP contribution in [0.3, 0.4) is 0 Å². The van der Waals surface area contributed by atoms with Crippen LogP contribution in [-0.2, 0) is 6.42 Å². The topological polar surface area (TPSA) is 38.9 Å². The van der Waals surface area contributed by atoms with E-state index < -0.39 is 0 Å². The summed E-state index contributed by atoms with van der Waals surface area (Å²) in [6.07, 6.45) is 0.886. The van der Waals surface area contributed by atoms with Crippen molar-refractivity contribution in [1.82, 2.24) is 4.98 Å². The van der Waals surface area contributed by atoms with Gasteiger partial charge in [-0.05, 0) is 44.4 Å². The molecule has 0 spiro atoms. The van der Waals surface area contributed by atoms with Gasteiger partial charge in [-0.15, -0.1) is 11.3 Å². The number of aromatic nitrogens is 1. The first kappa shape index (κ1) is 12.1. The first-order valence-corrected chi connectivity index (χ1v) is 6.57. The summed E-state index contributed by atoms with van der Waals surface area (Å²) in [5, 5.41) is 0.667. The minimum atomic E-state index is 0.667. The molecule has 0 saturated heterocycles. The second kappa shape index (κ2) is 4.49. The summed E-state index contributed by atoms with van der Waals surface area (Å²) in [5.74, 6) is 0. The molecular formula is C14H18N2S. The molecule has 0 radical (unpaired) electrons. The Morgan fingerprint density at radius 3 is 2.18 bits per heavy atom. The van der Waals surface area contributed by atoms with E-state index in [4.69, 9.17) is 5.73 Å². The van der Waals surface area contributed by atoms with Crippen LogP contribution < -0.4 is 5.73 Å². The van der Waals surface area contributed by atoms with E-state index in [1.54, 1.807) is 11.3 Å². The predicted molar refractivity (Wildman–Crippen MR) is 74.7 cm³/mol. The third-order valence-corrected chi connectivity index (χ3v) is 3.94. The summed E-state index contributed by atoms with van der Waals surface area (Å²) in [5.41, 5.74) is 12.2. The summed E-state index contributed by atoms with van der Waals surface area (Å²) in [7, 11) is 0. The van der Waals surface area contributed by atoms with Gasteiger partial charge in [0.2, 0.25) is 0 Å². The monoisotopic (exact) mass is 246 g/mol. The molecule has 0 saturated carbocycles. The second-order valence-electron chi connectivity index (χ2n) is 4.61. The normalized spacial score (nSPS) is 10.8. The molecular weight excluding hydrogens is 228 g/mol. The lowest BCUT2D eigenvalue weighted by molar-refractivity contribution is 1.05. The third kappa shape index (κ3) is 2.50. The standard InChI is InChI=1S/C14H18N2S/c1-8-5-9(2)12(10(3)6-8)7-13-11(4)17-14(15)16-13/h5-6H,7H2,1-4H3,(H2,15,16). The Morgan fingerprint density at radius 2 is 1.71 bits per heavy atom. The number of aryl methyl sites for hydroxylation is 4. The Balaban J connectivity index is 2.39. The lowest BCUT2D eigenvalue weighted by atomic mass is 9.96. The molecule has 2 N–H and O–H groups in total. The highest BCUT2D eigenvalue weighted by Gasteiger charge is 2.10. The van der Waals surface area contributed by atoms with Gasteiger partial charge in [-0.2, -0.15) is 0 Å². The van der Waals surface area contributed by atoms with Crippen molar-refractivity contribution in [2.75, 3.05) is 5.73 Å². The Morgan fingerprint density at radius 1 is 1.12 bits per heavy atom. The van der Waals surface area contributed by atoms with E-state index >= 15 is 0 Å². The van der Waals surface area contributed by atoms with Crippen LogP contribution in [0.15, 0.2) is 12.1 Å². The summed E-state index contributed by atoms with van der Waals surface area (Å²) >= 11 is 1.57. The highest BCUT2D eigenvalue weighted by atomic mass is 32.1. The molecule has 90 valence electrons. The SMILES string of the molecule is Cc1cc(C)c(Cc2nc(N)sc2C)c(C)c1. The fourth-order valence-corrected chi connectivity index (χ4v) is 2.98. The van der Waals surface area contributed by atoms with Crippen molar-refractivity contribution < 1.29 is 0 Å². The zero-order chi connectivity index (χ0) is 12.6. The summed E-state index contributed by atoms with van der Waals surface area (Å²) in [6.45, 7) is 8.55. The van der Waals surface area contributed by atoms with Crippen molar-refractivity contribution in [3.8, 4) is 0 Å². The van der Waals surface area contributed by atoms with Crippen LogP contribution in [0.5, 0.6) is 0 Å². The molecule has 0 bridgehead atoms. The fraction of sp³-hybridized carbons (Fsp3) is 0.357. The van der Waals surface area contributed by atoms with Crippen LogP contribution >= 0.6 is 11.3 Å². The molecule has 2 rings (SSSR count). The number of benzene rings is 1. The van der Waals surface area contributed by atoms with Crippen molar-refractivity contribution in [1.29, 1.82) is 0 Å². The van der Waals surface area contributed by atoms with E-state index in [-0.39, 0.29) is 0 Å². The summed E-state index contributed by atoms with van der Waals surface area (Å²) in [6, 6.07) is 4.46. The Kier molecular flexibility index (Phi) is 3.20. The van der Waals surface area contributed by atoms with Crippen LogP contribution in [-0.4, -0.2) is 4.98 Å². The van der Waals surface area contributed by atoms with Gasteiger partial charge in [0, 0.05) is 11.3 Å². The number of nitrogens with zero attached hydrogens (tertiary/aromatic N) is 1. The number of nitrogens with two attached hydrogens (primary N) is 1. The molecule has 0 aliphatic heterocycles. The number of anilines is 1. The van der Waals surface area contributed by atoms with Crippen molar-refractivity contribution in [2.45, 2.75) is 34.1 Å². The molecule has 2 aromatic rings.